The number of benzene rings is 1. The summed E-state index contributed by atoms with van der Waals surface area (Å²) in [7, 11) is 0. The van der Waals surface area contributed by atoms with Gasteiger partial charge in [0.1, 0.15) is 12.4 Å². The van der Waals surface area contributed by atoms with Gasteiger partial charge >= 0.3 is 12.0 Å². The van der Waals surface area contributed by atoms with Gasteiger partial charge in [0.2, 0.25) is 0 Å². The number of anilines is 1. The monoisotopic (exact) mass is 364 g/mol. The highest BCUT2D eigenvalue weighted by molar-refractivity contribution is 9.10. The van der Waals surface area contributed by atoms with Crippen LogP contribution in [0.25, 0.3) is 0 Å². The number of hydrogen-bond acceptors (Lipinski definition) is 2. The van der Waals surface area contributed by atoms with Crippen molar-refractivity contribution in [1.82, 2.24) is 4.90 Å². The first-order valence-electron chi connectivity index (χ1n) is 5.97. The lowest BCUT2D eigenvalue weighted by Crippen LogP contribution is -2.50. The molecule has 5 nitrogen and oxygen atoms in total. The van der Waals surface area contributed by atoms with Gasteiger partial charge in [-0.3, -0.25) is 4.79 Å². The summed E-state index contributed by atoms with van der Waals surface area (Å²) in [6, 6.07) is 0.826. The molecule has 0 aromatic heterocycles. The summed E-state index contributed by atoms with van der Waals surface area (Å²) in [5.41, 5.74) is -1.04. The van der Waals surface area contributed by atoms with Gasteiger partial charge in [0.05, 0.1) is 5.69 Å². The van der Waals surface area contributed by atoms with E-state index in [0.29, 0.717) is 6.07 Å². The number of nitrogens with zero attached hydrogens (tertiary/aromatic N) is 1. The van der Waals surface area contributed by atoms with Crippen LogP contribution in [0.5, 0.6) is 0 Å². The fraction of sp³-hybridized carbons (Fsp3) is 0.385. The number of amides is 2. The van der Waals surface area contributed by atoms with Gasteiger partial charge < -0.3 is 15.3 Å². The highest BCUT2D eigenvalue weighted by Crippen LogP contribution is 2.27. The number of nitrogens with one attached hydrogen (secondary N) is 1. The van der Waals surface area contributed by atoms with Crippen LogP contribution in [0.3, 0.4) is 0 Å². The summed E-state index contributed by atoms with van der Waals surface area (Å²) >= 11 is 2.95. The van der Waals surface area contributed by atoms with Gasteiger partial charge in [-0.2, -0.15) is 0 Å². The van der Waals surface area contributed by atoms with E-state index < -0.39 is 35.7 Å². The predicted octanol–water partition coefficient (Wildman–Crippen LogP) is 3.44. The van der Waals surface area contributed by atoms with Crippen LogP contribution in [0.1, 0.15) is 20.8 Å². The van der Waals surface area contributed by atoms with Gasteiger partial charge in [-0.1, -0.05) is 0 Å². The van der Waals surface area contributed by atoms with Crippen molar-refractivity contribution >= 4 is 33.6 Å². The molecule has 0 heterocycles. The first-order chi connectivity index (χ1) is 9.52. The topological polar surface area (TPSA) is 69.6 Å². The normalized spacial score (nSPS) is 11.1. The lowest BCUT2D eigenvalue weighted by atomic mass is 10.1. The fourth-order valence-corrected chi connectivity index (χ4v) is 2.09. The Morgan fingerprint density at radius 1 is 1.33 bits per heavy atom. The number of urea groups is 1. The van der Waals surface area contributed by atoms with Crippen LogP contribution in [0, 0.1) is 11.6 Å². The Bertz CT molecular complexity index is 550. The zero-order valence-corrected chi connectivity index (χ0v) is 13.3. The van der Waals surface area contributed by atoms with Crippen LogP contribution in [0.4, 0.5) is 19.3 Å². The molecule has 0 unspecified atom stereocenters. The van der Waals surface area contributed by atoms with Gasteiger partial charge in [0.25, 0.3) is 0 Å². The molecule has 0 bridgehead atoms. The first kappa shape index (κ1) is 17.4. The first-order valence-corrected chi connectivity index (χ1v) is 6.76. The van der Waals surface area contributed by atoms with E-state index in [-0.39, 0.29) is 10.2 Å². The molecule has 1 rings (SSSR count). The Kier molecular flexibility index (Phi) is 5.27. The Hall–Kier alpha value is -1.70. The van der Waals surface area contributed by atoms with Crippen LogP contribution in [-0.4, -0.2) is 34.1 Å². The second-order valence-electron chi connectivity index (χ2n) is 5.33. The van der Waals surface area contributed by atoms with Gasteiger partial charge in [0, 0.05) is 16.1 Å². The van der Waals surface area contributed by atoms with E-state index in [9.17, 15) is 18.4 Å². The van der Waals surface area contributed by atoms with Crippen LogP contribution in [0.2, 0.25) is 0 Å². The minimum Gasteiger partial charge on any atom is -0.480 e. The van der Waals surface area contributed by atoms with E-state index in [4.69, 9.17) is 5.11 Å². The van der Waals surface area contributed by atoms with Crippen molar-refractivity contribution in [1.29, 1.82) is 0 Å². The standard InChI is InChI=1S/C13H15BrF2N2O3/c1-13(2,3)18(6-10(19)20)12(21)17-11-8(14)4-7(15)5-9(11)16/h4-5H,6H2,1-3H3,(H,17,21)(H,19,20). The zero-order valence-electron chi connectivity index (χ0n) is 11.7. The van der Waals surface area contributed by atoms with E-state index in [1.807, 2.05) is 0 Å². The predicted molar refractivity (Wildman–Crippen MR) is 77.2 cm³/mol. The molecule has 1 aromatic carbocycles. The lowest BCUT2D eigenvalue weighted by Gasteiger charge is -2.34. The summed E-state index contributed by atoms with van der Waals surface area (Å²) in [5, 5.41) is 11.1. The van der Waals surface area contributed by atoms with Crippen molar-refractivity contribution in [2.45, 2.75) is 26.3 Å². The molecule has 0 fully saturated rings. The number of carbonyl (C=O) groups excluding carboxylic acids is 1. The molecule has 116 valence electrons. The Morgan fingerprint density at radius 2 is 1.90 bits per heavy atom. The van der Waals surface area contributed by atoms with Gasteiger partial charge in [-0.25, -0.2) is 13.6 Å². The quantitative estimate of drug-likeness (QED) is 0.862. The summed E-state index contributed by atoms with van der Waals surface area (Å²) < 4.78 is 26.7. The summed E-state index contributed by atoms with van der Waals surface area (Å²) in [4.78, 5) is 24.0. The molecule has 1 aromatic rings. The molecule has 0 atom stereocenters. The van der Waals surface area contributed by atoms with Crippen molar-refractivity contribution in [3.05, 3.63) is 28.2 Å². The molecular formula is C13H15BrF2N2O3. The summed E-state index contributed by atoms with van der Waals surface area (Å²) in [5.74, 6) is -2.95. The zero-order chi connectivity index (χ0) is 16.4. The van der Waals surface area contributed by atoms with E-state index >= 15 is 0 Å². The van der Waals surface area contributed by atoms with Crippen molar-refractivity contribution in [2.24, 2.45) is 0 Å². The number of hydrogen-bond donors (Lipinski definition) is 2. The number of halogens is 3. The molecule has 0 aliphatic carbocycles. The molecular weight excluding hydrogens is 350 g/mol. The van der Waals surface area contributed by atoms with Gasteiger partial charge in [-0.15, -0.1) is 0 Å². The summed E-state index contributed by atoms with van der Waals surface area (Å²) in [6.07, 6.45) is 0. The maximum absolute atomic E-state index is 13.7. The van der Waals surface area contributed by atoms with Crippen LogP contribution >= 0.6 is 15.9 Å². The molecule has 0 radical (unpaired) electrons. The number of carboxylic acids is 1. The van der Waals surface area contributed by atoms with E-state index in [1.54, 1.807) is 20.8 Å². The molecule has 0 saturated carbocycles. The van der Waals surface area contributed by atoms with Crippen molar-refractivity contribution in [2.75, 3.05) is 11.9 Å². The second kappa shape index (κ2) is 6.38. The van der Waals surface area contributed by atoms with E-state index in [0.717, 1.165) is 11.0 Å². The Morgan fingerprint density at radius 3 is 2.33 bits per heavy atom. The third kappa shape index (κ3) is 4.66. The maximum atomic E-state index is 13.7. The minimum atomic E-state index is -1.20. The number of rotatable bonds is 3. The largest absolute Gasteiger partial charge is 0.480 e. The van der Waals surface area contributed by atoms with Crippen molar-refractivity contribution in [3.63, 3.8) is 0 Å². The smallest absolute Gasteiger partial charge is 0.323 e. The van der Waals surface area contributed by atoms with Crippen LogP contribution < -0.4 is 5.32 Å². The second-order valence-corrected chi connectivity index (χ2v) is 6.18. The molecule has 0 spiro atoms. The van der Waals surface area contributed by atoms with Crippen molar-refractivity contribution < 1.29 is 23.5 Å². The fourth-order valence-electron chi connectivity index (χ4n) is 1.58. The van der Waals surface area contributed by atoms with Crippen LogP contribution in [-0.2, 0) is 4.79 Å². The van der Waals surface area contributed by atoms with Crippen molar-refractivity contribution in [3.8, 4) is 0 Å². The average molecular weight is 365 g/mol. The average Bonchev–Trinajstić information content (AvgIpc) is 2.28. The molecule has 2 N–H and O–H groups in total. The Labute approximate surface area is 129 Å². The molecule has 0 saturated heterocycles. The minimum absolute atomic E-state index is 0.0255. The molecule has 0 aliphatic heterocycles. The number of aliphatic carboxylic acids is 1. The third-order valence-corrected chi connectivity index (χ3v) is 3.21. The SMILES string of the molecule is CC(C)(C)N(CC(=O)O)C(=O)Nc1c(F)cc(F)cc1Br. The summed E-state index contributed by atoms with van der Waals surface area (Å²) in [6.45, 7) is 4.39. The molecule has 8 heteroatoms. The third-order valence-electron chi connectivity index (χ3n) is 2.59. The highest BCUT2D eigenvalue weighted by Gasteiger charge is 2.29. The Balaban J connectivity index is 3.05. The molecule has 0 aliphatic rings. The van der Waals surface area contributed by atoms with Gasteiger partial charge in [0.15, 0.2) is 5.82 Å². The molecule has 2 amide bonds. The lowest BCUT2D eigenvalue weighted by molar-refractivity contribution is -0.138. The van der Waals surface area contributed by atoms with Gasteiger partial charge in [-0.05, 0) is 42.8 Å². The van der Waals surface area contributed by atoms with E-state index in [1.165, 1.54) is 0 Å². The molecule has 21 heavy (non-hydrogen) atoms. The van der Waals surface area contributed by atoms with E-state index in [2.05, 4.69) is 21.2 Å². The maximum Gasteiger partial charge on any atom is 0.323 e. The number of carboxylic acid groups (broad SMARTS) is 1. The highest BCUT2D eigenvalue weighted by atomic mass is 79.9. The number of carbonyl (C=O) groups is 2. The van der Waals surface area contributed by atoms with Crippen LogP contribution in [0.15, 0.2) is 16.6 Å².